The molecule has 0 saturated carbocycles. The maximum Gasteiger partial charge on any atom is -1.00 e. The molecule has 5 heteroatoms. The van der Waals surface area contributed by atoms with Crippen molar-refractivity contribution in [1.29, 1.82) is 0 Å². The van der Waals surface area contributed by atoms with E-state index in [2.05, 4.69) is 192 Å². The summed E-state index contributed by atoms with van der Waals surface area (Å²) < 4.78 is 4.68. The number of hydrogen-bond donors (Lipinski definition) is 0. The molecule has 0 heterocycles. The van der Waals surface area contributed by atoms with E-state index >= 15 is 0 Å². The Labute approximate surface area is 389 Å². The number of fused-ring (bicyclic) bond motifs is 5. The van der Waals surface area contributed by atoms with Crippen molar-refractivity contribution in [3.05, 3.63) is 167 Å². The third-order valence-corrected chi connectivity index (χ3v) is 20.4. The van der Waals surface area contributed by atoms with Crippen LogP contribution in [0.1, 0.15) is 134 Å². The molecule has 0 spiro atoms. The minimum absolute atomic E-state index is 0. The molecule has 0 saturated heterocycles. The van der Waals surface area contributed by atoms with Gasteiger partial charge in [0.15, 0.2) is 0 Å². The maximum atomic E-state index is 7.22. The van der Waals surface area contributed by atoms with Crippen molar-refractivity contribution < 1.29 is 46.1 Å². The van der Waals surface area contributed by atoms with Crippen molar-refractivity contribution in [2.75, 3.05) is 0 Å². The van der Waals surface area contributed by atoms with Gasteiger partial charge >= 0.3 is 368 Å². The molecule has 2 aliphatic carbocycles. The van der Waals surface area contributed by atoms with Crippen LogP contribution >= 0.6 is 23.2 Å². The first-order valence-electron chi connectivity index (χ1n) is 21.0. The third kappa shape index (κ3) is 8.50. The number of benzene rings is 6. The predicted octanol–water partition coefficient (Wildman–Crippen LogP) is 9.43. The molecule has 60 heavy (non-hydrogen) atoms. The molecule has 0 bridgehead atoms. The number of hydrogen-bond acceptors (Lipinski definition) is 0. The fourth-order valence-electron chi connectivity index (χ4n) is 9.72. The van der Waals surface area contributed by atoms with E-state index in [4.69, 9.17) is 23.2 Å². The largest absolute Gasteiger partial charge is 1.00 e. The molecule has 310 valence electrons. The molecule has 0 aliphatic heterocycles. The van der Waals surface area contributed by atoms with E-state index in [1.807, 2.05) is 0 Å². The summed E-state index contributed by atoms with van der Waals surface area (Å²) in [6.45, 7) is 28.9. The number of rotatable bonds is 4. The second kappa shape index (κ2) is 16.7. The van der Waals surface area contributed by atoms with Gasteiger partial charge in [-0.1, -0.05) is 0 Å². The van der Waals surface area contributed by atoms with Crippen LogP contribution < -0.4 is 28.1 Å². The first kappa shape index (κ1) is 46.7. The van der Waals surface area contributed by atoms with E-state index in [1.54, 1.807) is 6.55 Å². The summed E-state index contributed by atoms with van der Waals surface area (Å²) in [6, 6.07) is 34.2. The van der Waals surface area contributed by atoms with Gasteiger partial charge in [0, 0.05) is 0 Å². The zero-order chi connectivity index (χ0) is 41.7. The summed E-state index contributed by atoms with van der Waals surface area (Å²) in [5.74, 6) is 0. The standard InChI is InChI=1S/C29H41.C21H12Cl2.C5H5.2ClH.Zr/c1-26(2,3)22-14-18-13-19-15-23(27(4,5)6)25(29(10,11)12)17-21(19)20(18)16-24(22)28(7,8)9;22-18-10-14-5-1-3-7-20(14)16(12-18)9-17-13-19(23)11-15-6-2-4-8-21(15)17;1-2-4-5-3-1;;;/h14,16-17H,13H2,1-12H3;1-8,10-13H;1-3H,4H2;2*1H;/q;;;;;+2/p-2. The third-order valence-electron chi connectivity index (χ3n) is 12.3. The normalized spacial score (nSPS) is 13.7. The first-order valence-corrected chi connectivity index (χ1v) is 25.4. The van der Waals surface area contributed by atoms with Crippen molar-refractivity contribution in [1.82, 2.24) is 0 Å². The van der Waals surface area contributed by atoms with Crippen LogP contribution in [0.3, 0.4) is 0 Å². The number of halogens is 4. The molecule has 8 rings (SSSR count). The van der Waals surface area contributed by atoms with Gasteiger partial charge in [-0.3, -0.25) is 0 Å². The topological polar surface area (TPSA) is 0 Å². The average molecular weight is 952 g/mol. The minimum atomic E-state index is -3.33. The summed E-state index contributed by atoms with van der Waals surface area (Å²) in [5.41, 5.74) is 14.1. The Balaban J connectivity index is 0.00000302. The molecule has 6 aromatic carbocycles. The molecule has 0 N–H and O–H groups in total. The van der Waals surface area contributed by atoms with Gasteiger partial charge < -0.3 is 24.8 Å². The molecule has 0 nitrogen and oxygen atoms in total. The Hall–Kier alpha value is -2.77. The van der Waals surface area contributed by atoms with E-state index in [-0.39, 0.29) is 46.5 Å². The SMILES string of the molecule is CC(C)(C)c1cc2c(cc1C(C)(C)C)-c1cc(C(C)(C)C)c(C(C)(C)C)[c]([Zr+2]([C]3=CC=CC3)=[C](c3cc(Cl)cc4ccccc34)c3cc(Cl)cc4ccccc34)c1C2.[Cl-].[Cl-]. The second-order valence-electron chi connectivity index (χ2n) is 20.9. The fraction of sp³-hybridized carbons (Fsp3) is 0.327. The second-order valence-corrected chi connectivity index (χ2v) is 27.6. The van der Waals surface area contributed by atoms with Gasteiger partial charge in [0.2, 0.25) is 0 Å². The van der Waals surface area contributed by atoms with Crippen LogP contribution in [0.4, 0.5) is 0 Å². The van der Waals surface area contributed by atoms with Crippen LogP contribution in [0, 0.1) is 0 Å². The Bertz CT molecular complexity index is 2680. The van der Waals surface area contributed by atoms with Gasteiger partial charge in [-0.05, 0) is 0 Å². The van der Waals surface area contributed by atoms with Crippen LogP contribution in [0.15, 0.2) is 113 Å². The monoisotopic (exact) mass is 948 g/mol. The Morgan fingerprint density at radius 1 is 0.550 bits per heavy atom. The Morgan fingerprint density at radius 3 is 1.50 bits per heavy atom. The quantitative estimate of drug-likeness (QED) is 0.165. The molecular weight excluding hydrogens is 894 g/mol. The Morgan fingerprint density at radius 2 is 1.03 bits per heavy atom. The summed E-state index contributed by atoms with van der Waals surface area (Å²) >= 11 is 11.1. The summed E-state index contributed by atoms with van der Waals surface area (Å²) in [5, 5.41) is 6.34. The molecule has 0 atom stereocenters. The fourth-order valence-corrected chi connectivity index (χ4v) is 19.3. The van der Waals surface area contributed by atoms with Crippen LogP contribution in [0.5, 0.6) is 0 Å². The van der Waals surface area contributed by atoms with Crippen molar-refractivity contribution >= 4 is 51.2 Å². The van der Waals surface area contributed by atoms with E-state index in [1.165, 1.54) is 69.6 Å². The van der Waals surface area contributed by atoms with E-state index in [9.17, 15) is 0 Å². The van der Waals surface area contributed by atoms with Gasteiger partial charge in [-0.15, -0.1) is 0 Å². The molecule has 0 aromatic heterocycles. The zero-order valence-electron chi connectivity index (χ0n) is 37.3. The molecule has 0 radical (unpaired) electrons. The summed E-state index contributed by atoms with van der Waals surface area (Å²) in [4.78, 5) is 0. The molecular formula is C55H58Cl4Zr. The zero-order valence-corrected chi connectivity index (χ0v) is 42.8. The van der Waals surface area contributed by atoms with Crippen LogP contribution in [0.2, 0.25) is 10.0 Å². The van der Waals surface area contributed by atoms with Crippen LogP contribution in [-0.2, 0) is 49.3 Å². The van der Waals surface area contributed by atoms with E-state index in [0.29, 0.717) is 0 Å². The van der Waals surface area contributed by atoms with Crippen molar-refractivity contribution in [2.45, 2.75) is 118 Å². The van der Waals surface area contributed by atoms with Gasteiger partial charge in [0.05, 0.1) is 0 Å². The predicted molar refractivity (Wildman–Crippen MR) is 252 cm³/mol. The molecule has 6 aromatic rings. The van der Waals surface area contributed by atoms with Crippen molar-refractivity contribution in [3.8, 4) is 11.1 Å². The summed E-state index contributed by atoms with van der Waals surface area (Å²) in [6.07, 6.45) is 9.07. The van der Waals surface area contributed by atoms with Gasteiger partial charge in [0.25, 0.3) is 0 Å². The van der Waals surface area contributed by atoms with E-state index < -0.39 is 21.3 Å². The maximum absolute atomic E-state index is 7.22. The molecule has 0 unspecified atom stereocenters. The molecule has 0 amide bonds. The summed E-state index contributed by atoms with van der Waals surface area (Å²) in [7, 11) is 0. The molecule has 0 fully saturated rings. The van der Waals surface area contributed by atoms with Crippen molar-refractivity contribution in [2.24, 2.45) is 0 Å². The first-order chi connectivity index (χ1) is 27.1. The van der Waals surface area contributed by atoms with Crippen LogP contribution in [0.25, 0.3) is 32.7 Å². The smallest absolute Gasteiger partial charge is 1.00 e. The Kier molecular flexibility index (Phi) is 13.0. The number of allylic oxidation sites excluding steroid dienone is 4. The average Bonchev–Trinajstić information content (AvgIpc) is 3.79. The minimum Gasteiger partial charge on any atom is -1.00 e. The molecule has 2 aliphatic rings. The van der Waals surface area contributed by atoms with Gasteiger partial charge in [-0.25, -0.2) is 0 Å². The van der Waals surface area contributed by atoms with E-state index in [0.717, 1.165) is 33.7 Å². The van der Waals surface area contributed by atoms with Gasteiger partial charge in [-0.2, -0.15) is 0 Å². The van der Waals surface area contributed by atoms with Crippen molar-refractivity contribution in [3.63, 3.8) is 0 Å². The van der Waals surface area contributed by atoms with Crippen LogP contribution in [-0.4, -0.2) is 3.21 Å². The van der Waals surface area contributed by atoms with Gasteiger partial charge in [0.1, 0.15) is 0 Å².